The Morgan fingerprint density at radius 2 is 2.22 bits per heavy atom. The van der Waals surface area contributed by atoms with Gasteiger partial charge >= 0.3 is 0 Å². The van der Waals surface area contributed by atoms with Gasteiger partial charge in [0.1, 0.15) is 5.75 Å². The lowest BCUT2D eigenvalue weighted by Gasteiger charge is -2.08. The molecule has 0 aliphatic carbocycles. The third-order valence-electron chi connectivity index (χ3n) is 2.40. The Hall–Kier alpha value is -1.88. The number of hydrogen-bond donors (Lipinski definition) is 1. The first-order chi connectivity index (χ1) is 8.63. The van der Waals surface area contributed by atoms with E-state index in [-0.39, 0.29) is 0 Å². The summed E-state index contributed by atoms with van der Waals surface area (Å²) in [5.41, 5.74) is 0.963. The minimum atomic E-state index is 0.440. The van der Waals surface area contributed by atoms with Crippen molar-refractivity contribution >= 4 is 0 Å². The Bertz CT molecular complexity index is 507. The van der Waals surface area contributed by atoms with Crippen LogP contribution in [0.2, 0.25) is 0 Å². The quantitative estimate of drug-likeness (QED) is 0.877. The van der Waals surface area contributed by atoms with Gasteiger partial charge in [0, 0.05) is 31.9 Å². The molecule has 0 bridgehead atoms. The highest BCUT2D eigenvalue weighted by Crippen LogP contribution is 2.20. The van der Waals surface area contributed by atoms with Crippen molar-refractivity contribution in [3.05, 3.63) is 36.4 Å². The third-order valence-corrected chi connectivity index (χ3v) is 2.40. The van der Waals surface area contributed by atoms with Crippen LogP contribution in [-0.2, 0) is 13.6 Å². The van der Waals surface area contributed by atoms with Gasteiger partial charge in [-0.05, 0) is 6.07 Å². The Morgan fingerprint density at radius 1 is 1.39 bits per heavy atom. The monoisotopic (exact) mass is 246 g/mol. The van der Waals surface area contributed by atoms with Crippen molar-refractivity contribution in [2.45, 2.75) is 26.4 Å². The molecule has 2 aromatic heterocycles. The van der Waals surface area contributed by atoms with Crippen molar-refractivity contribution in [2.24, 2.45) is 7.05 Å². The van der Waals surface area contributed by atoms with E-state index in [1.165, 1.54) is 0 Å². The summed E-state index contributed by atoms with van der Waals surface area (Å²) in [6.07, 6.45) is 5.27. The summed E-state index contributed by atoms with van der Waals surface area (Å²) < 4.78 is 7.40. The molecular weight excluding hydrogens is 228 g/mol. The number of hydrogen-bond acceptors (Lipinski definition) is 4. The zero-order chi connectivity index (χ0) is 13.0. The predicted molar refractivity (Wildman–Crippen MR) is 69.5 cm³/mol. The van der Waals surface area contributed by atoms with E-state index in [1.54, 1.807) is 17.1 Å². The molecule has 0 fully saturated rings. The summed E-state index contributed by atoms with van der Waals surface area (Å²) in [5, 5.41) is 7.38. The van der Waals surface area contributed by atoms with Gasteiger partial charge in [-0.2, -0.15) is 5.10 Å². The smallest absolute Gasteiger partial charge is 0.165 e. The van der Waals surface area contributed by atoms with Crippen molar-refractivity contribution in [3.8, 4) is 11.5 Å². The fourth-order valence-corrected chi connectivity index (χ4v) is 1.51. The van der Waals surface area contributed by atoms with Crippen molar-refractivity contribution in [3.63, 3.8) is 0 Å². The van der Waals surface area contributed by atoms with E-state index in [1.807, 2.05) is 25.4 Å². The number of ether oxygens (including phenoxy) is 1. The van der Waals surface area contributed by atoms with Crippen molar-refractivity contribution in [1.29, 1.82) is 0 Å². The Labute approximate surface area is 107 Å². The molecule has 0 aliphatic rings. The average Bonchev–Trinajstić information content (AvgIpc) is 2.73. The van der Waals surface area contributed by atoms with E-state index in [0.29, 0.717) is 6.04 Å². The molecular formula is C13H18N4O. The maximum atomic E-state index is 5.70. The normalized spacial score (nSPS) is 10.9. The van der Waals surface area contributed by atoms with Crippen molar-refractivity contribution in [1.82, 2.24) is 20.1 Å². The Kier molecular flexibility index (Phi) is 3.94. The van der Waals surface area contributed by atoms with E-state index in [0.717, 1.165) is 23.7 Å². The largest absolute Gasteiger partial charge is 0.454 e. The molecule has 0 aromatic carbocycles. The molecule has 96 valence electrons. The predicted octanol–water partition coefficient (Wildman–Crippen LogP) is 2.11. The van der Waals surface area contributed by atoms with Crippen LogP contribution in [0.1, 0.15) is 19.5 Å². The van der Waals surface area contributed by atoms with E-state index in [9.17, 15) is 0 Å². The molecule has 0 radical (unpaired) electrons. The van der Waals surface area contributed by atoms with Gasteiger partial charge in [0.15, 0.2) is 5.75 Å². The van der Waals surface area contributed by atoms with Crippen LogP contribution in [-0.4, -0.2) is 20.8 Å². The van der Waals surface area contributed by atoms with Gasteiger partial charge < -0.3 is 10.1 Å². The van der Waals surface area contributed by atoms with Crippen LogP contribution in [0.4, 0.5) is 0 Å². The lowest BCUT2D eigenvalue weighted by atomic mass is 10.3. The lowest BCUT2D eigenvalue weighted by Crippen LogP contribution is -2.22. The first kappa shape index (κ1) is 12.6. The number of pyridine rings is 1. The van der Waals surface area contributed by atoms with Gasteiger partial charge in [-0.3, -0.25) is 9.67 Å². The topological polar surface area (TPSA) is 52.0 Å². The molecule has 5 nitrogen and oxygen atoms in total. The number of aryl methyl sites for hydroxylation is 1. The summed E-state index contributed by atoms with van der Waals surface area (Å²) in [7, 11) is 1.86. The second-order valence-electron chi connectivity index (χ2n) is 4.47. The Morgan fingerprint density at radius 3 is 2.89 bits per heavy atom. The van der Waals surface area contributed by atoms with Crippen molar-refractivity contribution < 1.29 is 4.74 Å². The zero-order valence-electron chi connectivity index (χ0n) is 10.9. The van der Waals surface area contributed by atoms with Crippen LogP contribution in [0.3, 0.4) is 0 Å². The van der Waals surface area contributed by atoms with Crippen LogP contribution >= 0.6 is 0 Å². The fraction of sp³-hybridized carbons (Fsp3) is 0.385. The lowest BCUT2D eigenvalue weighted by molar-refractivity contribution is 0.479. The molecule has 0 atom stereocenters. The standard InChI is InChI=1S/C13H18N4O/c1-10(2)15-7-11-6-12(4-5-14-11)18-13-8-16-17(3)9-13/h4-6,8-10,15H,7H2,1-3H3. The molecule has 2 aromatic rings. The number of nitrogens with one attached hydrogen (secondary N) is 1. The van der Waals surface area contributed by atoms with Gasteiger partial charge in [-0.1, -0.05) is 13.8 Å². The van der Waals surface area contributed by atoms with Gasteiger partial charge in [0.05, 0.1) is 18.1 Å². The summed E-state index contributed by atoms with van der Waals surface area (Å²) in [5.74, 6) is 1.50. The highest BCUT2D eigenvalue weighted by molar-refractivity contribution is 5.28. The second-order valence-corrected chi connectivity index (χ2v) is 4.47. The first-order valence-corrected chi connectivity index (χ1v) is 5.98. The summed E-state index contributed by atoms with van der Waals surface area (Å²) in [6.45, 7) is 4.95. The number of nitrogens with zero attached hydrogens (tertiary/aromatic N) is 3. The molecule has 5 heteroatoms. The average molecular weight is 246 g/mol. The maximum Gasteiger partial charge on any atom is 0.165 e. The minimum absolute atomic E-state index is 0.440. The SMILES string of the molecule is CC(C)NCc1cc(Oc2cnn(C)c2)ccn1. The molecule has 0 unspecified atom stereocenters. The number of aromatic nitrogens is 3. The summed E-state index contributed by atoms with van der Waals surface area (Å²) in [4.78, 5) is 4.29. The van der Waals surface area contributed by atoms with E-state index < -0.39 is 0 Å². The van der Waals surface area contributed by atoms with Crippen LogP contribution in [0.25, 0.3) is 0 Å². The van der Waals surface area contributed by atoms with Crippen LogP contribution in [0.15, 0.2) is 30.7 Å². The van der Waals surface area contributed by atoms with Crippen molar-refractivity contribution in [2.75, 3.05) is 0 Å². The van der Waals surface area contributed by atoms with Gasteiger partial charge in [0.25, 0.3) is 0 Å². The highest BCUT2D eigenvalue weighted by Gasteiger charge is 2.02. The molecule has 0 amide bonds. The fourth-order valence-electron chi connectivity index (χ4n) is 1.51. The minimum Gasteiger partial charge on any atom is -0.454 e. The van der Waals surface area contributed by atoms with Crippen LogP contribution in [0, 0.1) is 0 Å². The second kappa shape index (κ2) is 5.64. The number of rotatable bonds is 5. The maximum absolute atomic E-state index is 5.70. The van der Waals surface area contributed by atoms with Crippen LogP contribution in [0.5, 0.6) is 11.5 Å². The van der Waals surface area contributed by atoms with E-state index in [4.69, 9.17) is 4.74 Å². The highest BCUT2D eigenvalue weighted by atomic mass is 16.5. The molecule has 2 rings (SSSR count). The molecule has 0 aliphatic heterocycles. The molecule has 0 saturated heterocycles. The van der Waals surface area contributed by atoms with E-state index in [2.05, 4.69) is 29.2 Å². The molecule has 0 spiro atoms. The summed E-state index contributed by atoms with van der Waals surface area (Å²) >= 11 is 0. The molecule has 2 heterocycles. The molecule has 0 saturated carbocycles. The Balaban J connectivity index is 2.02. The van der Waals surface area contributed by atoms with Gasteiger partial charge in [0.2, 0.25) is 0 Å². The van der Waals surface area contributed by atoms with Gasteiger partial charge in [-0.15, -0.1) is 0 Å². The van der Waals surface area contributed by atoms with E-state index >= 15 is 0 Å². The third kappa shape index (κ3) is 3.56. The summed E-state index contributed by atoms with van der Waals surface area (Å²) in [6, 6.07) is 4.21. The molecule has 18 heavy (non-hydrogen) atoms. The zero-order valence-corrected chi connectivity index (χ0v) is 10.9. The van der Waals surface area contributed by atoms with Gasteiger partial charge in [-0.25, -0.2) is 0 Å². The first-order valence-electron chi connectivity index (χ1n) is 5.98. The van der Waals surface area contributed by atoms with Crippen LogP contribution < -0.4 is 10.1 Å². The molecule has 1 N–H and O–H groups in total.